The summed E-state index contributed by atoms with van der Waals surface area (Å²) in [6.07, 6.45) is 0. The first kappa shape index (κ1) is 83.0. The lowest BCUT2D eigenvalue weighted by atomic mass is 10.1. The van der Waals surface area contributed by atoms with Crippen LogP contribution in [0.4, 0.5) is 28.4 Å². The highest BCUT2D eigenvalue weighted by molar-refractivity contribution is 6.13. The molecule has 0 unspecified atom stereocenters. The number of amides is 5. The highest BCUT2D eigenvalue weighted by Gasteiger charge is 2.21. The first-order valence-corrected chi connectivity index (χ1v) is 37.1. The minimum atomic E-state index is -0.472. The monoisotopic (exact) mass is 1600 g/mol. The summed E-state index contributed by atoms with van der Waals surface area (Å²) < 4.78 is 36.9. The molecule has 0 radical (unpaired) electrons. The van der Waals surface area contributed by atoms with Gasteiger partial charge >= 0.3 is 0 Å². The smallest absolute Gasteiger partial charge is 0.259 e. The number of aromatic hydroxyl groups is 6. The molecule has 0 heterocycles. The van der Waals surface area contributed by atoms with E-state index < -0.39 is 23.6 Å². The van der Waals surface area contributed by atoms with Crippen molar-refractivity contribution in [1.82, 2.24) is 0 Å². The summed E-state index contributed by atoms with van der Waals surface area (Å²) in [5.41, 5.74) is 3.49. The molecular weight excluding hydrogens is 1520 g/mol. The van der Waals surface area contributed by atoms with Gasteiger partial charge in [-0.25, -0.2) is 0 Å². The van der Waals surface area contributed by atoms with E-state index in [1.807, 2.05) is 152 Å². The van der Waals surface area contributed by atoms with Crippen LogP contribution in [-0.2, 0) is 0 Å². The van der Waals surface area contributed by atoms with Gasteiger partial charge in [-0.1, -0.05) is 152 Å². The summed E-state index contributed by atoms with van der Waals surface area (Å²) in [6, 6.07) is 92.0. The Kier molecular flexibility index (Phi) is 27.0. The van der Waals surface area contributed by atoms with E-state index in [1.54, 1.807) is 172 Å². The number of phenolic OH excluding ortho intramolecular Hbond substituents is 6. The summed E-state index contributed by atoms with van der Waals surface area (Å²) in [5.74, 6) is 2.30. The summed E-state index contributed by atoms with van der Waals surface area (Å²) in [7, 11) is 9.21. The van der Waals surface area contributed by atoms with Crippen LogP contribution in [-0.4, -0.2) is 103 Å². The number of fused-ring (bicyclic) bond motifs is 5. The van der Waals surface area contributed by atoms with Gasteiger partial charge in [0.25, 0.3) is 29.5 Å². The number of phenols is 6. The van der Waals surface area contributed by atoms with E-state index in [0.717, 1.165) is 59.6 Å². The third kappa shape index (κ3) is 20.9. The second kappa shape index (κ2) is 39.1. The third-order valence-electron chi connectivity index (χ3n) is 18.7. The molecule has 0 aliphatic rings. The molecule has 0 spiro atoms. The van der Waals surface area contributed by atoms with Crippen LogP contribution in [0.1, 0.15) is 51.8 Å². The molecule has 0 aromatic heterocycles. The molecule has 0 atom stereocenters. The van der Waals surface area contributed by atoms with Gasteiger partial charge in [0.1, 0.15) is 69.0 Å². The van der Waals surface area contributed by atoms with Crippen molar-refractivity contribution in [2.45, 2.75) is 0 Å². The van der Waals surface area contributed by atoms with Crippen molar-refractivity contribution in [3.05, 3.63) is 343 Å². The molecule has 16 rings (SSSR count). The second-order valence-electron chi connectivity index (χ2n) is 26.5. The summed E-state index contributed by atoms with van der Waals surface area (Å²) in [6.45, 7) is 0. The van der Waals surface area contributed by atoms with Gasteiger partial charge in [0.2, 0.25) is 0 Å². The van der Waals surface area contributed by atoms with Gasteiger partial charge in [0.15, 0.2) is 11.5 Å². The standard InChI is InChI=1S/C23H17NO3.3C19H17NO4.C17H13NO3/c25-22-15-17-7-5-4-6-16(17)14-21(22)23(26)24-18-10-12-20(13-11-18)27-19-8-2-1-3-9-19;1-23-15-9-14(10-16(11-15)24-2)20-19(22)17-7-12-5-3-4-6-13(12)8-18(17)21;1-23-17-8-7-14(11-18(17)24-2)20-19(22)15-9-12-5-3-4-6-13(12)10-16(15)21;1-23-14-7-8-16(18(11-14)24-2)20-19(22)15-9-12-5-3-4-6-13(12)10-17(15)21;19-15-8-4-3-7-14(15)18-17(21)13-9-11-5-1-2-6-12(11)10-16(13)20/h1-15,25H,(H,24,26);3*3-11,21H,1-2H3,(H,20,22);1-10,19-20H,(H,18,21). The normalized spacial score (nSPS) is 10.4. The largest absolute Gasteiger partial charge is 0.507 e. The summed E-state index contributed by atoms with van der Waals surface area (Å²) in [5, 5.41) is 82.7. The van der Waals surface area contributed by atoms with E-state index in [9.17, 15) is 54.6 Å². The number of nitrogens with one attached hydrogen (secondary N) is 5. The van der Waals surface area contributed by atoms with Crippen LogP contribution < -0.4 is 59.7 Å². The van der Waals surface area contributed by atoms with Crippen LogP contribution in [0.5, 0.6) is 80.5 Å². The Morgan fingerprint density at radius 3 is 0.892 bits per heavy atom. The highest BCUT2D eigenvalue weighted by atomic mass is 16.5. The number of hydrogen-bond acceptors (Lipinski definition) is 18. The lowest BCUT2D eigenvalue weighted by Crippen LogP contribution is -2.13. The van der Waals surface area contributed by atoms with Gasteiger partial charge in [-0.3, -0.25) is 24.0 Å². The van der Waals surface area contributed by atoms with E-state index in [0.29, 0.717) is 68.7 Å². The number of carbonyl (C=O) groups excluding carboxylic acids is 5. The van der Waals surface area contributed by atoms with E-state index in [-0.39, 0.29) is 68.2 Å². The molecule has 11 N–H and O–H groups in total. The van der Waals surface area contributed by atoms with Crippen molar-refractivity contribution >= 4 is 112 Å². The Bertz CT molecular complexity index is 6400. The van der Waals surface area contributed by atoms with Gasteiger partial charge in [-0.05, 0) is 187 Å². The number of anilines is 5. The molecule has 0 aliphatic carbocycles. The molecule has 120 heavy (non-hydrogen) atoms. The van der Waals surface area contributed by atoms with Gasteiger partial charge in [0, 0.05) is 47.4 Å². The van der Waals surface area contributed by atoms with Gasteiger partial charge in [0.05, 0.1) is 81.9 Å². The molecule has 0 aliphatic heterocycles. The maximum absolute atomic E-state index is 12.6. The minimum Gasteiger partial charge on any atom is -0.507 e. The zero-order valence-electron chi connectivity index (χ0n) is 65.6. The second-order valence-corrected chi connectivity index (χ2v) is 26.5. The zero-order chi connectivity index (χ0) is 84.8. The van der Waals surface area contributed by atoms with E-state index in [2.05, 4.69) is 26.6 Å². The number of benzene rings is 16. The molecule has 5 amide bonds. The van der Waals surface area contributed by atoms with Crippen molar-refractivity contribution < 1.29 is 87.8 Å². The number of para-hydroxylation sites is 3. The fourth-order valence-corrected chi connectivity index (χ4v) is 12.5. The lowest BCUT2D eigenvalue weighted by molar-refractivity contribution is 0.101. The maximum Gasteiger partial charge on any atom is 0.259 e. The number of methoxy groups -OCH3 is 6. The van der Waals surface area contributed by atoms with Crippen LogP contribution in [0, 0.1) is 0 Å². The van der Waals surface area contributed by atoms with Gasteiger partial charge in [-0.15, -0.1) is 0 Å². The molecule has 23 heteroatoms. The van der Waals surface area contributed by atoms with Crippen LogP contribution in [0.2, 0.25) is 0 Å². The van der Waals surface area contributed by atoms with Crippen molar-refractivity contribution in [3.8, 4) is 80.5 Å². The Labute approximate surface area is 689 Å². The number of ether oxygens (including phenoxy) is 7. The molecule has 0 bridgehead atoms. The number of carbonyl (C=O) groups is 5. The van der Waals surface area contributed by atoms with Crippen LogP contribution in [0.3, 0.4) is 0 Å². The predicted molar refractivity (Wildman–Crippen MR) is 468 cm³/mol. The summed E-state index contributed by atoms with van der Waals surface area (Å²) >= 11 is 0. The predicted octanol–water partition coefficient (Wildman–Crippen LogP) is 20.5. The molecule has 16 aromatic carbocycles. The Morgan fingerprint density at radius 1 is 0.208 bits per heavy atom. The average molecular weight is 1600 g/mol. The Balaban J connectivity index is 0.000000138. The summed E-state index contributed by atoms with van der Waals surface area (Å²) in [4.78, 5) is 62.4. The van der Waals surface area contributed by atoms with Crippen molar-refractivity contribution in [2.75, 3.05) is 69.2 Å². The first-order valence-electron chi connectivity index (χ1n) is 37.1. The molecule has 16 aromatic rings. The highest BCUT2D eigenvalue weighted by Crippen LogP contribution is 2.37. The number of rotatable bonds is 18. The van der Waals surface area contributed by atoms with Gasteiger partial charge in [-0.2, -0.15) is 0 Å². The van der Waals surface area contributed by atoms with E-state index in [1.165, 1.54) is 34.5 Å². The van der Waals surface area contributed by atoms with Crippen LogP contribution >= 0.6 is 0 Å². The topological polar surface area (TPSA) is 331 Å². The molecule has 0 fully saturated rings. The molecular formula is C97H81N5O18. The van der Waals surface area contributed by atoms with Crippen LogP contribution in [0.15, 0.2) is 315 Å². The Hall–Kier alpha value is -16.4. The lowest BCUT2D eigenvalue weighted by Gasteiger charge is -2.12. The molecule has 0 saturated carbocycles. The maximum atomic E-state index is 12.6. The van der Waals surface area contributed by atoms with Gasteiger partial charge < -0.3 is 90.4 Å². The first-order chi connectivity index (χ1) is 58.2. The molecule has 23 nitrogen and oxygen atoms in total. The minimum absolute atomic E-state index is 0.0221. The van der Waals surface area contributed by atoms with E-state index in [4.69, 9.17) is 33.2 Å². The Morgan fingerprint density at radius 2 is 0.517 bits per heavy atom. The van der Waals surface area contributed by atoms with Crippen molar-refractivity contribution in [2.24, 2.45) is 0 Å². The van der Waals surface area contributed by atoms with E-state index >= 15 is 0 Å². The average Bonchev–Trinajstić information content (AvgIpc) is 0.707. The van der Waals surface area contributed by atoms with Crippen LogP contribution in [0.25, 0.3) is 53.9 Å². The third-order valence-corrected chi connectivity index (χ3v) is 18.7. The fraction of sp³-hybridized carbons (Fsp3) is 0.0619. The van der Waals surface area contributed by atoms with Crippen molar-refractivity contribution in [1.29, 1.82) is 0 Å². The fourth-order valence-electron chi connectivity index (χ4n) is 12.5. The quantitative estimate of drug-likeness (QED) is 0.0356. The number of hydrogen-bond donors (Lipinski definition) is 11. The molecule has 602 valence electrons. The SMILES string of the molecule is COc1cc(NC(=O)c2cc3ccccc3cc2O)cc(OC)c1.COc1ccc(NC(=O)c2cc3ccccc3cc2O)c(OC)c1.COc1ccc(NC(=O)c2cc3ccccc3cc2O)cc1OC.O=C(Nc1ccc(Oc2ccccc2)cc1)c1cc2ccccc2cc1O.O=C(Nc1ccccc1O)c1cc2ccccc2cc1O. The zero-order valence-corrected chi connectivity index (χ0v) is 65.6. The molecule has 0 saturated heterocycles. The van der Waals surface area contributed by atoms with Crippen molar-refractivity contribution in [3.63, 3.8) is 0 Å².